The van der Waals surface area contributed by atoms with Crippen molar-refractivity contribution >= 4 is 5.91 Å². The van der Waals surface area contributed by atoms with Gasteiger partial charge in [0.05, 0.1) is 19.3 Å². The molecule has 1 amide bonds. The van der Waals surface area contributed by atoms with E-state index in [-0.39, 0.29) is 11.9 Å². The fraction of sp³-hybridized carbons (Fsp3) is 0.909. The van der Waals surface area contributed by atoms with Crippen LogP contribution in [0.4, 0.5) is 0 Å². The van der Waals surface area contributed by atoms with E-state index < -0.39 is 0 Å². The average molecular weight is 227 g/mol. The molecule has 2 heterocycles. The van der Waals surface area contributed by atoms with Crippen molar-refractivity contribution in [3.8, 4) is 0 Å². The van der Waals surface area contributed by atoms with Gasteiger partial charge in [0.1, 0.15) is 0 Å². The van der Waals surface area contributed by atoms with Gasteiger partial charge >= 0.3 is 0 Å². The van der Waals surface area contributed by atoms with Crippen LogP contribution in [-0.2, 0) is 9.53 Å². The van der Waals surface area contributed by atoms with Crippen molar-refractivity contribution in [2.75, 3.05) is 52.5 Å². The Labute approximate surface area is 96.7 Å². The number of rotatable bonds is 3. The van der Waals surface area contributed by atoms with Crippen molar-refractivity contribution in [1.29, 1.82) is 0 Å². The standard InChI is InChI=1S/C11H21N3O2/c1-10-11(15)14(3-2-12-10)5-4-13-6-8-16-9-7-13/h10,12H,2-9H2,1H3. The lowest BCUT2D eigenvalue weighted by Gasteiger charge is -2.34. The molecule has 0 aromatic rings. The van der Waals surface area contributed by atoms with Crippen LogP contribution in [0.3, 0.4) is 0 Å². The van der Waals surface area contributed by atoms with Crippen LogP contribution in [-0.4, -0.2) is 74.2 Å². The second-order valence-corrected chi connectivity index (χ2v) is 4.46. The minimum absolute atomic E-state index is 0.0153. The Kier molecular flexibility index (Phi) is 4.15. The van der Waals surface area contributed by atoms with Gasteiger partial charge in [0.2, 0.25) is 5.91 Å². The van der Waals surface area contributed by atoms with Crippen molar-refractivity contribution in [2.24, 2.45) is 0 Å². The van der Waals surface area contributed by atoms with Crippen LogP contribution in [0.5, 0.6) is 0 Å². The third-order valence-corrected chi connectivity index (χ3v) is 3.30. The lowest BCUT2D eigenvalue weighted by atomic mass is 10.2. The Hall–Kier alpha value is -0.650. The topological polar surface area (TPSA) is 44.8 Å². The van der Waals surface area contributed by atoms with Gasteiger partial charge < -0.3 is 15.0 Å². The van der Waals surface area contributed by atoms with E-state index in [1.807, 2.05) is 11.8 Å². The molecular weight excluding hydrogens is 206 g/mol. The highest BCUT2D eigenvalue weighted by Gasteiger charge is 2.24. The number of hydrogen-bond acceptors (Lipinski definition) is 4. The monoisotopic (exact) mass is 227 g/mol. The molecule has 1 N–H and O–H groups in total. The third-order valence-electron chi connectivity index (χ3n) is 3.30. The molecule has 2 saturated heterocycles. The first kappa shape index (κ1) is 11.8. The smallest absolute Gasteiger partial charge is 0.239 e. The molecule has 0 spiro atoms. The highest BCUT2D eigenvalue weighted by Crippen LogP contribution is 2.02. The van der Waals surface area contributed by atoms with Gasteiger partial charge in [-0.1, -0.05) is 0 Å². The Morgan fingerprint density at radius 1 is 1.31 bits per heavy atom. The van der Waals surface area contributed by atoms with Crippen LogP contribution in [0.15, 0.2) is 0 Å². The minimum atomic E-state index is -0.0153. The quantitative estimate of drug-likeness (QED) is 0.681. The maximum atomic E-state index is 11.8. The Morgan fingerprint density at radius 3 is 2.81 bits per heavy atom. The fourth-order valence-electron chi connectivity index (χ4n) is 2.20. The summed E-state index contributed by atoms with van der Waals surface area (Å²) in [6, 6.07) is -0.0153. The first-order valence-electron chi connectivity index (χ1n) is 6.09. The predicted octanol–water partition coefficient (Wildman–Crippen LogP) is -0.861. The molecule has 92 valence electrons. The van der Waals surface area contributed by atoms with Crippen LogP contribution in [0.25, 0.3) is 0 Å². The van der Waals surface area contributed by atoms with E-state index in [0.29, 0.717) is 0 Å². The molecule has 2 aliphatic heterocycles. The first-order chi connectivity index (χ1) is 7.77. The van der Waals surface area contributed by atoms with Crippen LogP contribution in [0.2, 0.25) is 0 Å². The maximum absolute atomic E-state index is 11.8. The molecule has 0 aliphatic carbocycles. The Balaban J connectivity index is 1.73. The summed E-state index contributed by atoms with van der Waals surface area (Å²) in [5, 5.41) is 3.17. The highest BCUT2D eigenvalue weighted by molar-refractivity contribution is 5.82. The van der Waals surface area contributed by atoms with E-state index >= 15 is 0 Å². The third kappa shape index (κ3) is 2.93. The normalized spacial score (nSPS) is 28.4. The number of piperazine rings is 1. The van der Waals surface area contributed by atoms with Crippen molar-refractivity contribution in [3.63, 3.8) is 0 Å². The van der Waals surface area contributed by atoms with Crippen molar-refractivity contribution < 1.29 is 9.53 Å². The van der Waals surface area contributed by atoms with Gasteiger partial charge in [0.15, 0.2) is 0 Å². The molecule has 1 unspecified atom stereocenters. The SMILES string of the molecule is CC1NCCN(CCN2CCOCC2)C1=O. The number of carbonyl (C=O) groups excluding carboxylic acids is 1. The number of ether oxygens (including phenoxy) is 1. The summed E-state index contributed by atoms with van der Waals surface area (Å²) >= 11 is 0. The molecule has 0 aromatic heterocycles. The molecule has 0 bridgehead atoms. The van der Waals surface area contributed by atoms with Gasteiger partial charge in [-0.2, -0.15) is 0 Å². The number of nitrogens with one attached hydrogen (secondary N) is 1. The molecule has 1 atom stereocenters. The van der Waals surface area contributed by atoms with Gasteiger partial charge in [-0.05, 0) is 6.92 Å². The summed E-state index contributed by atoms with van der Waals surface area (Å²) in [7, 11) is 0. The van der Waals surface area contributed by atoms with E-state index in [2.05, 4.69) is 10.2 Å². The summed E-state index contributed by atoms with van der Waals surface area (Å²) < 4.78 is 5.30. The second-order valence-electron chi connectivity index (χ2n) is 4.46. The average Bonchev–Trinajstić information content (AvgIpc) is 2.32. The number of hydrogen-bond donors (Lipinski definition) is 1. The summed E-state index contributed by atoms with van der Waals surface area (Å²) in [4.78, 5) is 16.2. The Bertz CT molecular complexity index is 241. The first-order valence-corrected chi connectivity index (χ1v) is 6.09. The zero-order valence-corrected chi connectivity index (χ0v) is 9.95. The molecule has 5 heteroatoms. The van der Waals surface area contributed by atoms with E-state index in [1.165, 1.54) is 0 Å². The fourth-order valence-corrected chi connectivity index (χ4v) is 2.20. The molecule has 0 radical (unpaired) electrons. The van der Waals surface area contributed by atoms with E-state index in [1.54, 1.807) is 0 Å². The van der Waals surface area contributed by atoms with E-state index in [0.717, 1.165) is 52.5 Å². The second kappa shape index (κ2) is 5.61. The van der Waals surface area contributed by atoms with Crippen LogP contribution in [0.1, 0.15) is 6.92 Å². The lowest BCUT2D eigenvalue weighted by molar-refractivity contribution is -0.135. The lowest BCUT2D eigenvalue weighted by Crippen LogP contribution is -2.55. The number of carbonyl (C=O) groups is 1. The van der Waals surface area contributed by atoms with Gasteiger partial charge in [0.25, 0.3) is 0 Å². The molecular formula is C11H21N3O2. The van der Waals surface area contributed by atoms with Crippen molar-refractivity contribution in [2.45, 2.75) is 13.0 Å². The summed E-state index contributed by atoms with van der Waals surface area (Å²) in [5.41, 5.74) is 0. The van der Waals surface area contributed by atoms with Crippen LogP contribution in [0, 0.1) is 0 Å². The molecule has 2 fully saturated rings. The van der Waals surface area contributed by atoms with E-state index in [9.17, 15) is 4.79 Å². The predicted molar refractivity (Wildman–Crippen MR) is 61.3 cm³/mol. The molecule has 5 nitrogen and oxygen atoms in total. The highest BCUT2D eigenvalue weighted by atomic mass is 16.5. The summed E-state index contributed by atoms with van der Waals surface area (Å²) in [5.74, 6) is 0.236. The molecule has 0 aromatic carbocycles. The van der Waals surface area contributed by atoms with E-state index in [4.69, 9.17) is 4.74 Å². The molecule has 16 heavy (non-hydrogen) atoms. The van der Waals surface area contributed by atoms with Gasteiger partial charge in [-0.25, -0.2) is 0 Å². The van der Waals surface area contributed by atoms with Gasteiger partial charge in [-0.3, -0.25) is 9.69 Å². The molecule has 0 saturated carbocycles. The van der Waals surface area contributed by atoms with Crippen molar-refractivity contribution in [3.05, 3.63) is 0 Å². The Morgan fingerprint density at radius 2 is 2.06 bits per heavy atom. The van der Waals surface area contributed by atoms with Gasteiger partial charge in [-0.15, -0.1) is 0 Å². The molecule has 2 aliphatic rings. The number of nitrogens with zero attached hydrogens (tertiary/aromatic N) is 2. The minimum Gasteiger partial charge on any atom is -0.379 e. The summed E-state index contributed by atoms with van der Waals surface area (Å²) in [6.07, 6.45) is 0. The molecule has 2 rings (SSSR count). The van der Waals surface area contributed by atoms with Crippen LogP contribution >= 0.6 is 0 Å². The summed E-state index contributed by atoms with van der Waals surface area (Å²) in [6.45, 7) is 9.16. The zero-order chi connectivity index (χ0) is 11.4. The zero-order valence-electron chi connectivity index (χ0n) is 9.95. The number of morpholine rings is 1. The van der Waals surface area contributed by atoms with Crippen molar-refractivity contribution in [1.82, 2.24) is 15.1 Å². The van der Waals surface area contributed by atoms with Gasteiger partial charge in [0, 0.05) is 39.3 Å². The van der Waals surface area contributed by atoms with Crippen LogP contribution < -0.4 is 5.32 Å². The maximum Gasteiger partial charge on any atom is 0.239 e. The number of amides is 1. The largest absolute Gasteiger partial charge is 0.379 e.